The fourth-order valence-electron chi connectivity index (χ4n) is 2.64. The van der Waals surface area contributed by atoms with Gasteiger partial charge < -0.3 is 14.8 Å². The fraction of sp³-hybridized carbons (Fsp3) is 0.333. The Morgan fingerprint density at radius 2 is 1.73 bits per heavy atom. The quantitative estimate of drug-likeness (QED) is 0.700. The monoisotopic (exact) mass is 355 g/mol. The van der Waals surface area contributed by atoms with E-state index in [2.05, 4.69) is 12.2 Å². The van der Waals surface area contributed by atoms with E-state index in [0.29, 0.717) is 0 Å². The molecule has 0 aliphatic rings. The van der Waals surface area contributed by atoms with E-state index in [0.717, 1.165) is 29.7 Å². The van der Waals surface area contributed by atoms with E-state index < -0.39 is 5.97 Å². The molecule has 0 bridgehead atoms. The highest BCUT2D eigenvalue weighted by Gasteiger charge is 2.15. The summed E-state index contributed by atoms with van der Waals surface area (Å²) >= 11 is 0. The predicted molar refractivity (Wildman–Crippen MR) is 99.9 cm³/mol. The van der Waals surface area contributed by atoms with Crippen LogP contribution in [0.25, 0.3) is 0 Å². The van der Waals surface area contributed by atoms with Crippen LogP contribution in [-0.4, -0.2) is 25.6 Å². The van der Waals surface area contributed by atoms with Gasteiger partial charge in [0.05, 0.1) is 19.6 Å². The van der Waals surface area contributed by atoms with Crippen molar-refractivity contribution >= 4 is 11.9 Å². The molecule has 0 saturated heterocycles. The van der Waals surface area contributed by atoms with Crippen LogP contribution in [0.4, 0.5) is 0 Å². The van der Waals surface area contributed by atoms with Crippen LogP contribution in [0, 0.1) is 0 Å². The maximum atomic E-state index is 12.1. The van der Waals surface area contributed by atoms with Gasteiger partial charge in [0, 0.05) is 0 Å². The predicted octanol–water partition coefficient (Wildman–Crippen LogP) is 3.44. The second-order valence-electron chi connectivity index (χ2n) is 6.00. The van der Waals surface area contributed by atoms with Crippen LogP contribution in [0.1, 0.15) is 36.9 Å². The first-order chi connectivity index (χ1) is 12.6. The molecule has 0 heterocycles. The van der Waals surface area contributed by atoms with E-state index >= 15 is 0 Å². The number of benzene rings is 2. The number of methoxy groups -OCH3 is 1. The molecule has 0 aromatic heterocycles. The van der Waals surface area contributed by atoms with Crippen LogP contribution < -0.4 is 10.1 Å². The molecule has 0 fully saturated rings. The lowest BCUT2D eigenvalue weighted by molar-refractivity contribution is -0.148. The summed E-state index contributed by atoms with van der Waals surface area (Å²) in [5.74, 6) is -0.00294. The normalized spacial score (nSPS) is 11.5. The summed E-state index contributed by atoms with van der Waals surface area (Å²) in [5.41, 5.74) is 1.86. The van der Waals surface area contributed by atoms with E-state index in [1.807, 2.05) is 30.3 Å². The minimum absolute atomic E-state index is 0.0750. The van der Waals surface area contributed by atoms with Crippen molar-refractivity contribution in [1.82, 2.24) is 5.32 Å². The highest BCUT2D eigenvalue weighted by Crippen LogP contribution is 2.18. The van der Waals surface area contributed by atoms with Gasteiger partial charge in [0.1, 0.15) is 5.75 Å². The van der Waals surface area contributed by atoms with Gasteiger partial charge >= 0.3 is 5.97 Å². The number of hydrogen-bond donors (Lipinski definition) is 1. The molecule has 1 N–H and O–H groups in total. The highest BCUT2D eigenvalue weighted by atomic mass is 16.5. The molecule has 2 aromatic carbocycles. The second-order valence-corrected chi connectivity index (χ2v) is 6.00. The van der Waals surface area contributed by atoms with Gasteiger partial charge in [-0.3, -0.25) is 9.59 Å². The van der Waals surface area contributed by atoms with Crippen LogP contribution >= 0.6 is 0 Å². The third kappa shape index (κ3) is 6.24. The number of nitrogens with one attached hydrogen (secondary N) is 1. The van der Waals surface area contributed by atoms with Gasteiger partial charge in [-0.15, -0.1) is 0 Å². The van der Waals surface area contributed by atoms with Crippen LogP contribution in [0.2, 0.25) is 0 Å². The Morgan fingerprint density at radius 1 is 1.04 bits per heavy atom. The van der Waals surface area contributed by atoms with Crippen LogP contribution in [0.3, 0.4) is 0 Å². The van der Waals surface area contributed by atoms with Crippen molar-refractivity contribution < 1.29 is 19.1 Å². The van der Waals surface area contributed by atoms with Gasteiger partial charge in [0.15, 0.2) is 6.61 Å². The van der Waals surface area contributed by atoms with Crippen molar-refractivity contribution in [2.24, 2.45) is 0 Å². The topological polar surface area (TPSA) is 64.6 Å². The minimum Gasteiger partial charge on any atom is -0.497 e. The van der Waals surface area contributed by atoms with E-state index in [4.69, 9.17) is 9.47 Å². The molecule has 0 aliphatic heterocycles. The summed E-state index contributed by atoms with van der Waals surface area (Å²) in [4.78, 5) is 24.1. The summed E-state index contributed by atoms with van der Waals surface area (Å²) in [5, 5.41) is 2.94. The molecular formula is C21H25NO4. The van der Waals surface area contributed by atoms with Crippen molar-refractivity contribution in [2.75, 3.05) is 13.7 Å². The Labute approximate surface area is 154 Å². The van der Waals surface area contributed by atoms with E-state index in [1.165, 1.54) is 0 Å². The number of carbonyl (C=O) groups excluding carboxylic acids is 2. The van der Waals surface area contributed by atoms with Gasteiger partial charge in [-0.25, -0.2) is 0 Å². The number of amides is 1. The molecule has 0 radical (unpaired) electrons. The molecule has 2 aromatic rings. The van der Waals surface area contributed by atoms with Crippen LogP contribution in [0.5, 0.6) is 5.75 Å². The van der Waals surface area contributed by atoms with Gasteiger partial charge in [-0.2, -0.15) is 0 Å². The summed E-state index contributed by atoms with van der Waals surface area (Å²) < 4.78 is 10.2. The van der Waals surface area contributed by atoms with Gasteiger partial charge in [0.25, 0.3) is 5.91 Å². The Morgan fingerprint density at radius 3 is 2.35 bits per heavy atom. The van der Waals surface area contributed by atoms with Crippen LogP contribution in [0.15, 0.2) is 54.6 Å². The SMILES string of the molecule is CCC[C@H](NC(=O)COC(=O)Cc1ccc(OC)cc1)c1ccccc1. The molecule has 0 unspecified atom stereocenters. The summed E-state index contributed by atoms with van der Waals surface area (Å²) in [6.45, 7) is 1.79. The number of rotatable bonds is 9. The minimum atomic E-state index is -0.433. The van der Waals surface area contributed by atoms with Gasteiger partial charge in [0.2, 0.25) is 0 Å². The molecule has 1 atom stereocenters. The lowest BCUT2D eigenvalue weighted by Gasteiger charge is -2.18. The number of hydrogen-bond acceptors (Lipinski definition) is 4. The number of esters is 1. The Bertz CT molecular complexity index is 698. The van der Waals surface area contributed by atoms with Gasteiger partial charge in [-0.1, -0.05) is 55.8 Å². The van der Waals surface area contributed by atoms with E-state index in [1.54, 1.807) is 31.4 Å². The molecule has 138 valence electrons. The van der Waals surface area contributed by atoms with Gasteiger partial charge in [-0.05, 0) is 29.7 Å². The molecule has 0 spiro atoms. The summed E-state index contributed by atoms with van der Waals surface area (Å²) in [6, 6.07) is 16.9. The first-order valence-electron chi connectivity index (χ1n) is 8.75. The van der Waals surface area contributed by atoms with Crippen molar-refractivity contribution in [3.63, 3.8) is 0 Å². The number of carbonyl (C=O) groups is 2. The van der Waals surface area contributed by atoms with Crippen LogP contribution in [-0.2, 0) is 20.7 Å². The average molecular weight is 355 g/mol. The standard InChI is InChI=1S/C21H25NO4/c1-3-7-19(17-8-5-4-6-9-17)22-20(23)15-26-21(24)14-16-10-12-18(25-2)13-11-16/h4-6,8-13,19H,3,7,14-15H2,1-2H3,(H,22,23)/t19-/m0/s1. The Balaban J connectivity index is 1.81. The Kier molecular flexibility index (Phi) is 7.68. The third-order valence-electron chi connectivity index (χ3n) is 3.99. The maximum Gasteiger partial charge on any atom is 0.310 e. The van der Waals surface area contributed by atoms with Crippen molar-refractivity contribution in [2.45, 2.75) is 32.2 Å². The second kappa shape index (κ2) is 10.2. The van der Waals surface area contributed by atoms with E-state index in [-0.39, 0.29) is 25.0 Å². The van der Waals surface area contributed by atoms with Crippen molar-refractivity contribution in [1.29, 1.82) is 0 Å². The number of ether oxygens (including phenoxy) is 2. The molecule has 5 nitrogen and oxygen atoms in total. The summed E-state index contributed by atoms with van der Waals surface area (Å²) in [7, 11) is 1.59. The lowest BCUT2D eigenvalue weighted by Crippen LogP contribution is -2.32. The lowest BCUT2D eigenvalue weighted by atomic mass is 10.0. The maximum absolute atomic E-state index is 12.1. The fourth-order valence-corrected chi connectivity index (χ4v) is 2.64. The Hall–Kier alpha value is -2.82. The summed E-state index contributed by atoms with van der Waals surface area (Å²) in [6.07, 6.45) is 1.89. The molecule has 1 amide bonds. The molecule has 5 heteroatoms. The highest BCUT2D eigenvalue weighted by molar-refractivity contribution is 5.81. The van der Waals surface area contributed by atoms with E-state index in [9.17, 15) is 9.59 Å². The smallest absolute Gasteiger partial charge is 0.310 e. The largest absolute Gasteiger partial charge is 0.497 e. The van der Waals surface area contributed by atoms with Crippen molar-refractivity contribution in [3.05, 3.63) is 65.7 Å². The zero-order chi connectivity index (χ0) is 18.8. The zero-order valence-electron chi connectivity index (χ0n) is 15.2. The first kappa shape index (κ1) is 19.5. The molecule has 2 rings (SSSR count). The molecule has 26 heavy (non-hydrogen) atoms. The first-order valence-corrected chi connectivity index (χ1v) is 8.75. The third-order valence-corrected chi connectivity index (χ3v) is 3.99. The molecular weight excluding hydrogens is 330 g/mol. The molecule has 0 saturated carbocycles. The molecule has 0 aliphatic carbocycles. The van der Waals surface area contributed by atoms with Crippen molar-refractivity contribution in [3.8, 4) is 5.75 Å². The zero-order valence-corrected chi connectivity index (χ0v) is 15.2. The average Bonchev–Trinajstić information content (AvgIpc) is 2.67.